The van der Waals surface area contributed by atoms with Crippen LogP contribution in [0.25, 0.3) is 5.70 Å². The first kappa shape index (κ1) is 17.0. The van der Waals surface area contributed by atoms with Crippen LogP contribution in [0, 0.1) is 0 Å². The normalized spacial score (nSPS) is 13.0. The molecule has 132 valence electrons. The largest absolute Gasteiger partial charge is 0.457 e. The second-order valence-electron chi connectivity index (χ2n) is 6.38. The molecular formula is C24H19NO2. The number of benzene rings is 3. The lowest BCUT2D eigenvalue weighted by atomic mass is 10.0. The molecule has 1 aliphatic heterocycles. The molecule has 0 bridgehead atoms. The molecule has 0 spiro atoms. The van der Waals surface area contributed by atoms with Gasteiger partial charge in [0.2, 0.25) is 0 Å². The Morgan fingerprint density at radius 3 is 2.33 bits per heavy atom. The maximum Gasteiger partial charge on any atom is 0.181 e. The third-order valence-corrected chi connectivity index (χ3v) is 4.38. The van der Waals surface area contributed by atoms with Crippen LogP contribution < -0.4 is 4.74 Å². The maximum atomic E-state index is 12.5. The number of carbonyl (C=O) groups is 1. The first-order chi connectivity index (χ1) is 13.3. The molecule has 0 saturated heterocycles. The minimum absolute atomic E-state index is 0.0733. The van der Waals surface area contributed by atoms with Crippen LogP contribution in [0.4, 0.5) is 0 Å². The van der Waals surface area contributed by atoms with Crippen molar-refractivity contribution in [1.29, 1.82) is 0 Å². The van der Waals surface area contributed by atoms with Crippen LogP contribution >= 0.6 is 0 Å². The third-order valence-electron chi connectivity index (χ3n) is 4.38. The highest BCUT2D eigenvalue weighted by atomic mass is 16.5. The average Bonchev–Trinajstić information content (AvgIpc) is 3.20. The number of para-hydroxylation sites is 1. The van der Waals surface area contributed by atoms with Crippen LogP contribution in [0.5, 0.6) is 11.5 Å². The van der Waals surface area contributed by atoms with Gasteiger partial charge in [-0.3, -0.25) is 4.79 Å². The fourth-order valence-corrected chi connectivity index (χ4v) is 3.02. The number of rotatable bonds is 6. The second-order valence-corrected chi connectivity index (χ2v) is 6.38. The summed E-state index contributed by atoms with van der Waals surface area (Å²) in [4.78, 5) is 17.1. The number of nitrogens with zero attached hydrogens (tertiary/aromatic N) is 1. The number of hydrogen-bond acceptors (Lipinski definition) is 3. The molecule has 0 radical (unpaired) electrons. The number of ketones is 1. The van der Waals surface area contributed by atoms with Crippen molar-refractivity contribution in [1.82, 2.24) is 0 Å². The number of carbonyl (C=O) groups excluding carboxylic acids is 1. The predicted molar refractivity (Wildman–Crippen MR) is 108 cm³/mol. The molecule has 0 aliphatic carbocycles. The Labute approximate surface area is 158 Å². The Bertz CT molecular complexity index is 1000. The molecule has 0 unspecified atom stereocenters. The van der Waals surface area contributed by atoms with Crippen molar-refractivity contribution in [2.45, 2.75) is 12.8 Å². The van der Waals surface area contributed by atoms with Gasteiger partial charge in [-0.15, -0.1) is 0 Å². The van der Waals surface area contributed by atoms with Gasteiger partial charge in [0.25, 0.3) is 0 Å². The van der Waals surface area contributed by atoms with Crippen molar-refractivity contribution < 1.29 is 9.53 Å². The van der Waals surface area contributed by atoms with Gasteiger partial charge in [-0.2, -0.15) is 0 Å². The average molecular weight is 353 g/mol. The summed E-state index contributed by atoms with van der Waals surface area (Å²) in [5, 5.41) is 0. The highest BCUT2D eigenvalue weighted by molar-refractivity contribution is 6.42. The summed E-state index contributed by atoms with van der Waals surface area (Å²) in [6.07, 6.45) is 2.96. The van der Waals surface area contributed by atoms with Gasteiger partial charge in [-0.1, -0.05) is 66.7 Å². The van der Waals surface area contributed by atoms with E-state index in [0.717, 1.165) is 28.3 Å². The summed E-state index contributed by atoms with van der Waals surface area (Å²) >= 11 is 0. The summed E-state index contributed by atoms with van der Waals surface area (Å²) < 4.78 is 5.89. The van der Waals surface area contributed by atoms with Crippen molar-refractivity contribution in [2.75, 3.05) is 0 Å². The molecule has 0 amide bonds. The highest BCUT2D eigenvalue weighted by Gasteiger charge is 2.18. The minimum atomic E-state index is 0.0733. The smallest absolute Gasteiger partial charge is 0.181 e. The lowest BCUT2D eigenvalue weighted by Gasteiger charge is -2.07. The summed E-state index contributed by atoms with van der Waals surface area (Å²) in [6.45, 7) is 0. The number of allylic oxidation sites excluding steroid dienone is 1. The molecule has 27 heavy (non-hydrogen) atoms. The van der Waals surface area contributed by atoms with Crippen LogP contribution in [-0.4, -0.2) is 11.5 Å². The fraction of sp³-hybridized carbons (Fsp3) is 0.0833. The quantitative estimate of drug-likeness (QED) is 0.589. The molecule has 3 heteroatoms. The number of Topliss-reactive ketones (excluding diaryl/α,β-unsaturated/α-hetero) is 1. The standard InChI is InChI=1S/C24H19NO2/c26-24(16-18-8-3-1-4-9-18)23-15-14-22(25-23)19-10-7-13-21(17-19)27-20-11-5-2-6-12-20/h1-14,17H,15-16H2. The second kappa shape index (κ2) is 7.83. The maximum absolute atomic E-state index is 12.5. The first-order valence-corrected chi connectivity index (χ1v) is 8.96. The van der Waals surface area contributed by atoms with Gasteiger partial charge in [0.1, 0.15) is 11.5 Å². The number of ether oxygens (including phenoxy) is 1. The molecular weight excluding hydrogens is 334 g/mol. The van der Waals surface area contributed by atoms with E-state index in [-0.39, 0.29) is 5.78 Å². The fourth-order valence-electron chi connectivity index (χ4n) is 3.02. The van der Waals surface area contributed by atoms with E-state index >= 15 is 0 Å². The van der Waals surface area contributed by atoms with Crippen molar-refractivity contribution in [3.8, 4) is 11.5 Å². The monoisotopic (exact) mass is 353 g/mol. The number of aliphatic imine (C=N–C) groups is 1. The van der Waals surface area contributed by atoms with Crippen LogP contribution in [0.15, 0.2) is 96.0 Å². The Morgan fingerprint density at radius 1 is 0.852 bits per heavy atom. The molecule has 0 aromatic heterocycles. The zero-order valence-electron chi connectivity index (χ0n) is 14.8. The third kappa shape index (κ3) is 4.21. The molecule has 0 fully saturated rings. The van der Waals surface area contributed by atoms with E-state index in [4.69, 9.17) is 4.74 Å². The minimum Gasteiger partial charge on any atom is -0.457 e. The molecule has 3 aromatic carbocycles. The summed E-state index contributed by atoms with van der Waals surface area (Å²) in [7, 11) is 0. The van der Waals surface area contributed by atoms with E-state index in [0.29, 0.717) is 18.6 Å². The SMILES string of the molecule is O=C(Cc1ccccc1)C1=NC(c2cccc(Oc3ccccc3)c2)=CC1. The molecule has 0 atom stereocenters. The van der Waals surface area contributed by atoms with Crippen LogP contribution in [-0.2, 0) is 11.2 Å². The lowest BCUT2D eigenvalue weighted by molar-refractivity contribution is -0.112. The Kier molecular flexibility index (Phi) is 4.93. The summed E-state index contributed by atoms with van der Waals surface area (Å²) in [5.41, 5.74) is 3.40. The topological polar surface area (TPSA) is 38.7 Å². The number of hydrogen-bond donors (Lipinski definition) is 0. The van der Waals surface area contributed by atoms with Crippen LogP contribution in [0.3, 0.4) is 0 Å². The summed E-state index contributed by atoms with van der Waals surface area (Å²) in [5.74, 6) is 1.61. The molecule has 1 heterocycles. The van der Waals surface area contributed by atoms with Crippen molar-refractivity contribution in [2.24, 2.45) is 4.99 Å². The molecule has 1 aliphatic rings. The Balaban J connectivity index is 1.48. The van der Waals surface area contributed by atoms with Crippen molar-refractivity contribution in [3.05, 3.63) is 102 Å². The van der Waals surface area contributed by atoms with E-state index in [1.807, 2.05) is 91.0 Å². The van der Waals surface area contributed by atoms with Gasteiger partial charge >= 0.3 is 0 Å². The molecule has 3 aromatic rings. The van der Waals surface area contributed by atoms with Crippen molar-refractivity contribution >= 4 is 17.2 Å². The predicted octanol–water partition coefficient (Wildman–Crippen LogP) is 5.48. The van der Waals surface area contributed by atoms with Gasteiger partial charge in [-0.25, -0.2) is 4.99 Å². The summed E-state index contributed by atoms with van der Waals surface area (Å²) in [6, 6.07) is 27.2. The zero-order chi connectivity index (χ0) is 18.5. The van der Waals surface area contributed by atoms with E-state index in [1.165, 1.54) is 0 Å². The molecule has 4 rings (SSSR count). The van der Waals surface area contributed by atoms with E-state index in [2.05, 4.69) is 4.99 Å². The van der Waals surface area contributed by atoms with Crippen LogP contribution in [0.1, 0.15) is 17.5 Å². The first-order valence-electron chi connectivity index (χ1n) is 8.96. The highest BCUT2D eigenvalue weighted by Crippen LogP contribution is 2.28. The lowest BCUT2D eigenvalue weighted by Crippen LogP contribution is -2.14. The zero-order valence-corrected chi connectivity index (χ0v) is 14.8. The van der Waals surface area contributed by atoms with E-state index < -0.39 is 0 Å². The van der Waals surface area contributed by atoms with Crippen molar-refractivity contribution in [3.63, 3.8) is 0 Å². The Morgan fingerprint density at radius 2 is 1.56 bits per heavy atom. The Hall–Kier alpha value is -3.46. The van der Waals surface area contributed by atoms with Gasteiger partial charge in [-0.05, 0) is 29.8 Å². The van der Waals surface area contributed by atoms with Gasteiger partial charge in [0.15, 0.2) is 5.78 Å². The molecule has 3 nitrogen and oxygen atoms in total. The van der Waals surface area contributed by atoms with Crippen LogP contribution in [0.2, 0.25) is 0 Å². The van der Waals surface area contributed by atoms with Gasteiger partial charge < -0.3 is 4.74 Å². The molecule has 0 N–H and O–H groups in total. The molecule has 0 saturated carbocycles. The van der Waals surface area contributed by atoms with Gasteiger partial charge in [0.05, 0.1) is 11.4 Å². The van der Waals surface area contributed by atoms with E-state index in [1.54, 1.807) is 0 Å². The van der Waals surface area contributed by atoms with E-state index in [9.17, 15) is 4.79 Å². The van der Waals surface area contributed by atoms with Gasteiger partial charge in [0, 0.05) is 18.4 Å².